The molecule has 0 radical (unpaired) electrons. The molecule has 0 aromatic rings. The Morgan fingerprint density at radius 1 is 1.75 bits per heavy atom. The van der Waals surface area contributed by atoms with Crippen LogP contribution < -0.4 is 5.73 Å². The number of aliphatic hydroxyl groups is 1. The number of aliphatic hydroxyl groups excluding tert-OH is 1. The highest BCUT2D eigenvalue weighted by atomic mass is 16.4. The van der Waals surface area contributed by atoms with Gasteiger partial charge >= 0.3 is 5.97 Å². The fourth-order valence-corrected chi connectivity index (χ4v) is 0.206. The Morgan fingerprint density at radius 3 is 2.12 bits per heavy atom. The van der Waals surface area contributed by atoms with E-state index in [1.54, 1.807) is 0 Å². The maximum atomic E-state index is 9.92. The zero-order valence-electron chi connectivity index (χ0n) is 4.66. The van der Waals surface area contributed by atoms with E-state index in [-0.39, 0.29) is 0 Å². The van der Waals surface area contributed by atoms with Gasteiger partial charge in [-0.15, -0.1) is 0 Å². The standard InChI is InChI=1S/C4H9NO3/c1-2(6)3(5)4(7)8/h2-3,6H,5H2,1H3,(H,7,8)/p+1/t2-,3+/m1/s1. The highest BCUT2D eigenvalue weighted by Crippen LogP contribution is 1.83. The Bertz CT molecular complexity index is 91.3. The third-order valence-corrected chi connectivity index (χ3v) is 0.900. The van der Waals surface area contributed by atoms with E-state index in [1.807, 2.05) is 0 Å². The van der Waals surface area contributed by atoms with E-state index >= 15 is 0 Å². The van der Waals surface area contributed by atoms with Crippen LogP contribution in [-0.2, 0) is 4.79 Å². The number of carboxylic acid groups (broad SMARTS) is 1. The Hall–Kier alpha value is -0.610. The molecule has 5 N–H and O–H groups in total. The molecule has 0 aliphatic carbocycles. The zero-order valence-corrected chi connectivity index (χ0v) is 4.66. The van der Waals surface area contributed by atoms with E-state index in [0.29, 0.717) is 0 Å². The highest BCUT2D eigenvalue weighted by molar-refractivity contribution is 5.72. The molecule has 0 heterocycles. The number of carbonyl (C=O) groups is 1. The third kappa shape index (κ3) is 1.90. The van der Waals surface area contributed by atoms with Crippen molar-refractivity contribution in [1.82, 2.24) is 0 Å². The molecule has 0 aliphatic rings. The lowest BCUT2D eigenvalue weighted by Gasteiger charge is -2.03. The van der Waals surface area contributed by atoms with Gasteiger partial charge in [-0.2, -0.15) is 0 Å². The van der Waals surface area contributed by atoms with E-state index in [4.69, 9.17) is 10.2 Å². The molecule has 0 amide bonds. The first-order valence-corrected chi connectivity index (χ1v) is 2.29. The molecular formula is C4H10NO3+. The number of hydrogen-bond donors (Lipinski definition) is 3. The van der Waals surface area contributed by atoms with Crippen molar-refractivity contribution in [2.24, 2.45) is 0 Å². The van der Waals surface area contributed by atoms with E-state index in [1.165, 1.54) is 6.92 Å². The second kappa shape index (κ2) is 2.64. The normalized spacial score (nSPS) is 17.4. The van der Waals surface area contributed by atoms with E-state index < -0.39 is 18.1 Å². The second-order valence-electron chi connectivity index (χ2n) is 1.69. The van der Waals surface area contributed by atoms with Crippen LogP contribution in [-0.4, -0.2) is 28.3 Å². The van der Waals surface area contributed by atoms with Crippen LogP contribution in [0.2, 0.25) is 0 Å². The highest BCUT2D eigenvalue weighted by Gasteiger charge is 2.20. The van der Waals surface area contributed by atoms with Crippen molar-refractivity contribution in [3.63, 3.8) is 0 Å². The summed E-state index contributed by atoms with van der Waals surface area (Å²) in [6, 6.07) is -0.907. The molecule has 0 spiro atoms. The van der Waals surface area contributed by atoms with Crippen molar-refractivity contribution in [1.29, 1.82) is 0 Å². The molecular weight excluding hydrogens is 110 g/mol. The van der Waals surface area contributed by atoms with E-state index in [0.717, 1.165) is 0 Å². The van der Waals surface area contributed by atoms with Gasteiger partial charge in [0.05, 0.1) is 0 Å². The van der Waals surface area contributed by atoms with Crippen LogP contribution >= 0.6 is 0 Å². The summed E-state index contributed by atoms with van der Waals surface area (Å²) in [5.41, 5.74) is 3.19. The molecule has 0 saturated heterocycles. The monoisotopic (exact) mass is 120 g/mol. The quantitative estimate of drug-likeness (QED) is 0.396. The minimum atomic E-state index is -1.07. The molecule has 4 nitrogen and oxygen atoms in total. The van der Waals surface area contributed by atoms with Gasteiger partial charge in [0.2, 0.25) is 6.04 Å². The summed E-state index contributed by atoms with van der Waals surface area (Å²) >= 11 is 0. The molecule has 0 unspecified atom stereocenters. The number of quaternary nitrogens is 1. The maximum Gasteiger partial charge on any atom is 0.365 e. The molecule has 0 fully saturated rings. The van der Waals surface area contributed by atoms with Crippen LogP contribution in [0.15, 0.2) is 0 Å². The minimum Gasteiger partial charge on any atom is -0.477 e. The Labute approximate surface area is 46.9 Å². The summed E-state index contributed by atoms with van der Waals surface area (Å²) in [6.45, 7) is 1.39. The van der Waals surface area contributed by atoms with Gasteiger partial charge in [0.25, 0.3) is 0 Å². The zero-order chi connectivity index (χ0) is 6.73. The summed E-state index contributed by atoms with van der Waals surface area (Å²) in [4.78, 5) is 9.92. The lowest BCUT2D eigenvalue weighted by molar-refractivity contribution is -0.423. The van der Waals surface area contributed by atoms with Crippen LogP contribution in [0, 0.1) is 0 Å². The predicted molar refractivity (Wildman–Crippen MR) is 26.0 cm³/mol. The average molecular weight is 120 g/mol. The van der Waals surface area contributed by atoms with Gasteiger partial charge in [-0.3, -0.25) is 0 Å². The van der Waals surface area contributed by atoms with Crippen molar-refractivity contribution < 1.29 is 20.7 Å². The van der Waals surface area contributed by atoms with Gasteiger partial charge < -0.3 is 15.9 Å². The molecule has 0 bridgehead atoms. The van der Waals surface area contributed by atoms with Gasteiger partial charge in [0, 0.05) is 0 Å². The number of aliphatic carboxylic acids is 1. The van der Waals surface area contributed by atoms with Crippen LogP contribution in [0.25, 0.3) is 0 Å². The number of hydrogen-bond acceptors (Lipinski definition) is 2. The minimum absolute atomic E-state index is 0.868. The van der Waals surface area contributed by atoms with Crippen molar-refractivity contribution in [2.75, 3.05) is 0 Å². The summed E-state index contributed by atoms with van der Waals surface area (Å²) in [6.07, 6.45) is -0.868. The summed E-state index contributed by atoms with van der Waals surface area (Å²) in [5.74, 6) is -1.07. The van der Waals surface area contributed by atoms with E-state index in [9.17, 15) is 4.79 Å². The topological polar surface area (TPSA) is 85.2 Å². The maximum absolute atomic E-state index is 9.92. The molecule has 0 aromatic carbocycles. The summed E-state index contributed by atoms with van der Waals surface area (Å²) in [7, 11) is 0. The summed E-state index contributed by atoms with van der Waals surface area (Å²) in [5, 5.41) is 16.7. The molecule has 0 saturated carbocycles. The Balaban J connectivity index is 3.64. The average Bonchev–Trinajstić information content (AvgIpc) is 1.64. The van der Waals surface area contributed by atoms with Crippen LogP contribution in [0.5, 0.6) is 0 Å². The van der Waals surface area contributed by atoms with Crippen molar-refractivity contribution in [2.45, 2.75) is 19.1 Å². The first kappa shape index (κ1) is 7.39. The first-order chi connectivity index (χ1) is 3.55. The van der Waals surface area contributed by atoms with Gasteiger partial charge in [-0.05, 0) is 6.92 Å². The Kier molecular flexibility index (Phi) is 2.44. The molecule has 0 aromatic heterocycles. The van der Waals surface area contributed by atoms with Crippen LogP contribution in [0.3, 0.4) is 0 Å². The number of carboxylic acids is 1. The molecule has 8 heavy (non-hydrogen) atoms. The third-order valence-electron chi connectivity index (χ3n) is 0.900. The summed E-state index contributed by atoms with van der Waals surface area (Å²) < 4.78 is 0. The molecule has 0 rings (SSSR count). The molecule has 0 aliphatic heterocycles. The van der Waals surface area contributed by atoms with Crippen LogP contribution in [0.4, 0.5) is 0 Å². The molecule has 4 heteroatoms. The first-order valence-electron chi connectivity index (χ1n) is 2.29. The van der Waals surface area contributed by atoms with Gasteiger partial charge in [0.1, 0.15) is 6.10 Å². The van der Waals surface area contributed by atoms with Crippen LogP contribution in [0.1, 0.15) is 6.92 Å². The largest absolute Gasteiger partial charge is 0.477 e. The Morgan fingerprint density at radius 2 is 2.12 bits per heavy atom. The van der Waals surface area contributed by atoms with Gasteiger partial charge in [-0.25, -0.2) is 4.79 Å². The SMILES string of the molecule is C[C@@H](O)[C@H]([NH3+])C(=O)O. The molecule has 2 atom stereocenters. The molecule has 48 valence electrons. The van der Waals surface area contributed by atoms with Gasteiger partial charge in [0.15, 0.2) is 0 Å². The fraction of sp³-hybridized carbons (Fsp3) is 0.750. The van der Waals surface area contributed by atoms with Crippen molar-refractivity contribution in [3.05, 3.63) is 0 Å². The van der Waals surface area contributed by atoms with Gasteiger partial charge in [-0.1, -0.05) is 0 Å². The number of rotatable bonds is 2. The lowest BCUT2D eigenvalue weighted by atomic mass is 10.2. The smallest absolute Gasteiger partial charge is 0.365 e. The fourth-order valence-electron chi connectivity index (χ4n) is 0.206. The van der Waals surface area contributed by atoms with Crippen molar-refractivity contribution in [3.8, 4) is 0 Å². The lowest BCUT2D eigenvalue weighted by Crippen LogP contribution is -2.69. The van der Waals surface area contributed by atoms with Crippen molar-refractivity contribution >= 4 is 5.97 Å². The predicted octanol–water partition coefficient (Wildman–Crippen LogP) is -1.94. The van der Waals surface area contributed by atoms with E-state index in [2.05, 4.69) is 5.73 Å². The second-order valence-corrected chi connectivity index (χ2v) is 1.69.